The highest BCUT2D eigenvalue weighted by molar-refractivity contribution is 6.10. The Kier molecular flexibility index (Phi) is 7.07. The standard InChI is InChI=1S/C49H31N5O/c1-3-14-33(15-4-1)47-50-48(34-16-5-2-6-17-34)52-49(51-47)54-41-20-10-9-19-39(41)40-30-36(24-27-42(40)54)37-25-28-44-46(31-37)55-45-22-12-11-21-43(45)53(44)38-26-23-32-13-7-8-18-35(32)29-38/h1-31H. The summed E-state index contributed by atoms with van der Waals surface area (Å²) in [7, 11) is 0. The van der Waals surface area contributed by atoms with E-state index in [9.17, 15) is 0 Å². The Bertz CT molecular complexity index is 3030. The minimum atomic E-state index is 0.571. The third-order valence-corrected chi connectivity index (χ3v) is 10.4. The van der Waals surface area contributed by atoms with Gasteiger partial charge >= 0.3 is 0 Å². The van der Waals surface area contributed by atoms with E-state index in [1.165, 1.54) is 10.8 Å². The van der Waals surface area contributed by atoms with Crippen LogP contribution in [0.4, 0.5) is 17.1 Å². The van der Waals surface area contributed by atoms with E-state index >= 15 is 0 Å². The molecule has 55 heavy (non-hydrogen) atoms. The molecule has 0 spiro atoms. The zero-order chi connectivity index (χ0) is 36.3. The Morgan fingerprint density at radius 2 is 1.00 bits per heavy atom. The molecule has 0 fully saturated rings. The molecule has 2 aromatic heterocycles. The van der Waals surface area contributed by atoms with Gasteiger partial charge in [-0.3, -0.25) is 4.57 Å². The largest absolute Gasteiger partial charge is 0.453 e. The van der Waals surface area contributed by atoms with Gasteiger partial charge in [-0.25, -0.2) is 4.98 Å². The summed E-state index contributed by atoms with van der Waals surface area (Å²) in [5.41, 5.74) is 9.14. The predicted octanol–water partition coefficient (Wildman–Crippen LogP) is 12.7. The van der Waals surface area contributed by atoms with E-state index in [0.29, 0.717) is 17.6 Å². The van der Waals surface area contributed by atoms with Crippen molar-refractivity contribution in [2.24, 2.45) is 0 Å². The number of ether oxygens (including phenoxy) is 1. The van der Waals surface area contributed by atoms with Gasteiger partial charge in [0.15, 0.2) is 23.1 Å². The van der Waals surface area contributed by atoms with Gasteiger partial charge in [0.05, 0.1) is 22.4 Å². The average Bonchev–Trinajstić information content (AvgIpc) is 3.59. The van der Waals surface area contributed by atoms with E-state index in [0.717, 1.165) is 72.6 Å². The maximum Gasteiger partial charge on any atom is 0.238 e. The van der Waals surface area contributed by atoms with Crippen molar-refractivity contribution < 1.29 is 4.74 Å². The molecule has 0 amide bonds. The first-order valence-corrected chi connectivity index (χ1v) is 18.4. The summed E-state index contributed by atoms with van der Waals surface area (Å²) in [6.07, 6.45) is 0. The summed E-state index contributed by atoms with van der Waals surface area (Å²) in [5, 5.41) is 4.63. The molecule has 0 N–H and O–H groups in total. The van der Waals surface area contributed by atoms with Gasteiger partial charge in [-0.15, -0.1) is 0 Å². The van der Waals surface area contributed by atoms with Gasteiger partial charge in [-0.2, -0.15) is 9.97 Å². The lowest BCUT2D eigenvalue weighted by molar-refractivity contribution is 0.477. The molecule has 0 aliphatic carbocycles. The molecule has 0 radical (unpaired) electrons. The molecule has 0 unspecified atom stereocenters. The lowest BCUT2D eigenvalue weighted by atomic mass is 10.0. The number of para-hydroxylation sites is 3. The zero-order valence-electron chi connectivity index (χ0n) is 29.5. The lowest BCUT2D eigenvalue weighted by Crippen LogP contribution is -2.15. The zero-order valence-corrected chi connectivity index (χ0v) is 29.5. The summed E-state index contributed by atoms with van der Waals surface area (Å²) < 4.78 is 8.78. The highest BCUT2D eigenvalue weighted by Crippen LogP contribution is 2.51. The lowest BCUT2D eigenvalue weighted by Gasteiger charge is -2.33. The molecule has 6 heteroatoms. The fourth-order valence-electron chi connectivity index (χ4n) is 7.80. The van der Waals surface area contributed by atoms with Gasteiger partial charge in [0.1, 0.15) is 0 Å². The van der Waals surface area contributed by atoms with Gasteiger partial charge in [-0.05, 0) is 76.5 Å². The van der Waals surface area contributed by atoms with Crippen LogP contribution >= 0.6 is 0 Å². The molecule has 8 aromatic carbocycles. The Balaban J connectivity index is 1.05. The number of hydrogen-bond acceptors (Lipinski definition) is 5. The predicted molar refractivity (Wildman–Crippen MR) is 223 cm³/mol. The first-order chi connectivity index (χ1) is 27.2. The van der Waals surface area contributed by atoms with Gasteiger partial charge < -0.3 is 9.64 Å². The Hall–Kier alpha value is -7.57. The Morgan fingerprint density at radius 1 is 0.382 bits per heavy atom. The molecular weight excluding hydrogens is 675 g/mol. The van der Waals surface area contributed by atoms with Gasteiger partial charge in [-0.1, -0.05) is 133 Å². The third kappa shape index (κ3) is 5.23. The smallest absolute Gasteiger partial charge is 0.238 e. The molecule has 0 atom stereocenters. The second-order valence-electron chi connectivity index (χ2n) is 13.7. The number of rotatable bonds is 5. The summed E-state index contributed by atoms with van der Waals surface area (Å²) >= 11 is 0. The van der Waals surface area contributed by atoms with Crippen molar-refractivity contribution >= 4 is 49.6 Å². The highest BCUT2D eigenvalue weighted by Gasteiger charge is 2.26. The highest BCUT2D eigenvalue weighted by atomic mass is 16.5. The van der Waals surface area contributed by atoms with Gasteiger partial charge in [0.2, 0.25) is 5.95 Å². The SMILES string of the molecule is c1ccc(-c2nc(-c3ccccc3)nc(-n3c4ccccc4c4cc(-c5ccc6c(c5)Oc5ccccc5N6c5ccc6ccccc6c5)ccc43)n2)cc1. The minimum absolute atomic E-state index is 0.571. The number of aromatic nitrogens is 4. The van der Waals surface area contributed by atoms with Crippen LogP contribution in [0.5, 0.6) is 11.5 Å². The third-order valence-electron chi connectivity index (χ3n) is 10.4. The molecule has 258 valence electrons. The number of nitrogens with zero attached hydrogens (tertiary/aromatic N) is 5. The maximum absolute atomic E-state index is 6.63. The number of anilines is 3. The van der Waals surface area contributed by atoms with Crippen molar-refractivity contribution in [1.29, 1.82) is 0 Å². The van der Waals surface area contributed by atoms with Crippen LogP contribution in [0.2, 0.25) is 0 Å². The van der Waals surface area contributed by atoms with Crippen LogP contribution in [0.25, 0.3) is 72.4 Å². The molecule has 11 rings (SSSR count). The minimum Gasteiger partial charge on any atom is -0.453 e. The average molecular weight is 706 g/mol. The molecular formula is C49H31N5O. The fourth-order valence-corrected chi connectivity index (χ4v) is 7.80. The summed E-state index contributed by atoms with van der Waals surface area (Å²) in [6.45, 7) is 0. The number of hydrogen-bond donors (Lipinski definition) is 0. The van der Waals surface area contributed by atoms with E-state index in [2.05, 4.69) is 125 Å². The van der Waals surface area contributed by atoms with Crippen molar-refractivity contribution in [2.75, 3.05) is 4.90 Å². The quantitative estimate of drug-likeness (QED) is 0.178. The first-order valence-electron chi connectivity index (χ1n) is 18.4. The van der Waals surface area contributed by atoms with E-state index in [1.54, 1.807) is 0 Å². The molecule has 1 aliphatic heterocycles. The van der Waals surface area contributed by atoms with E-state index in [1.807, 2.05) is 72.8 Å². The van der Waals surface area contributed by atoms with Crippen molar-refractivity contribution in [1.82, 2.24) is 19.5 Å². The van der Waals surface area contributed by atoms with Crippen molar-refractivity contribution in [3.05, 3.63) is 188 Å². The summed E-state index contributed by atoms with van der Waals surface area (Å²) in [4.78, 5) is 17.4. The Labute approximate surface area is 317 Å². The Morgan fingerprint density at radius 3 is 1.80 bits per heavy atom. The van der Waals surface area contributed by atoms with E-state index < -0.39 is 0 Å². The van der Waals surface area contributed by atoms with Crippen LogP contribution in [0.15, 0.2) is 188 Å². The first kappa shape index (κ1) is 31.0. The normalized spacial score (nSPS) is 12.1. The van der Waals surface area contributed by atoms with Crippen molar-refractivity contribution in [3.63, 3.8) is 0 Å². The number of benzene rings is 8. The number of fused-ring (bicyclic) bond motifs is 6. The molecule has 3 heterocycles. The fraction of sp³-hybridized carbons (Fsp3) is 0. The van der Waals surface area contributed by atoms with E-state index in [-0.39, 0.29) is 0 Å². The monoisotopic (exact) mass is 705 g/mol. The molecule has 1 aliphatic rings. The van der Waals surface area contributed by atoms with Crippen LogP contribution in [-0.4, -0.2) is 19.5 Å². The molecule has 10 aromatic rings. The van der Waals surface area contributed by atoms with Crippen LogP contribution < -0.4 is 9.64 Å². The molecule has 0 saturated carbocycles. The van der Waals surface area contributed by atoms with Crippen LogP contribution in [0.1, 0.15) is 0 Å². The summed E-state index contributed by atoms with van der Waals surface area (Å²) in [5.74, 6) is 3.45. The second kappa shape index (κ2) is 12.5. The summed E-state index contributed by atoms with van der Waals surface area (Å²) in [6, 6.07) is 65.1. The molecule has 0 saturated heterocycles. The van der Waals surface area contributed by atoms with Crippen LogP contribution in [0, 0.1) is 0 Å². The van der Waals surface area contributed by atoms with Crippen LogP contribution in [-0.2, 0) is 0 Å². The van der Waals surface area contributed by atoms with Gasteiger partial charge in [0, 0.05) is 27.6 Å². The molecule has 6 nitrogen and oxygen atoms in total. The van der Waals surface area contributed by atoms with Crippen molar-refractivity contribution in [3.8, 4) is 51.3 Å². The van der Waals surface area contributed by atoms with Crippen molar-refractivity contribution in [2.45, 2.75) is 0 Å². The second-order valence-corrected chi connectivity index (χ2v) is 13.7. The topological polar surface area (TPSA) is 56.1 Å². The van der Waals surface area contributed by atoms with Crippen LogP contribution in [0.3, 0.4) is 0 Å². The maximum atomic E-state index is 6.63. The van der Waals surface area contributed by atoms with Gasteiger partial charge in [0.25, 0.3) is 0 Å². The molecule has 0 bridgehead atoms. The van der Waals surface area contributed by atoms with E-state index in [4.69, 9.17) is 19.7 Å².